The summed E-state index contributed by atoms with van der Waals surface area (Å²) >= 11 is 0. The Morgan fingerprint density at radius 1 is 1.43 bits per heavy atom. The third kappa shape index (κ3) is 3.43. The minimum absolute atomic E-state index is 0.367. The summed E-state index contributed by atoms with van der Waals surface area (Å²) in [7, 11) is 0. The highest BCUT2D eigenvalue weighted by Crippen LogP contribution is 2.31. The van der Waals surface area contributed by atoms with Crippen molar-refractivity contribution in [2.75, 3.05) is 6.61 Å². The van der Waals surface area contributed by atoms with Crippen LogP contribution in [0.5, 0.6) is 0 Å². The monoisotopic (exact) mass is 198 g/mol. The van der Waals surface area contributed by atoms with E-state index >= 15 is 0 Å². The maximum absolute atomic E-state index is 10.2. The van der Waals surface area contributed by atoms with E-state index in [9.17, 15) is 5.11 Å². The molecule has 2 nitrogen and oxygen atoms in total. The highest BCUT2D eigenvalue weighted by molar-refractivity contribution is 5.08. The Labute approximate surface area is 87.0 Å². The van der Waals surface area contributed by atoms with Crippen LogP contribution in [0.2, 0.25) is 0 Å². The maximum atomic E-state index is 10.2. The minimum Gasteiger partial charge on any atom is -0.386 e. The molecule has 0 aromatic rings. The Bertz CT molecular complexity index is 196. The van der Waals surface area contributed by atoms with Crippen molar-refractivity contribution in [2.24, 2.45) is 0 Å². The van der Waals surface area contributed by atoms with Crippen LogP contribution in [-0.2, 0) is 4.74 Å². The van der Waals surface area contributed by atoms with Crippen LogP contribution in [0.4, 0.5) is 0 Å². The molecule has 82 valence electrons. The van der Waals surface area contributed by atoms with Crippen LogP contribution in [0.3, 0.4) is 0 Å². The first-order chi connectivity index (χ1) is 6.56. The lowest BCUT2D eigenvalue weighted by Gasteiger charge is -2.34. The lowest BCUT2D eigenvalue weighted by Crippen LogP contribution is -2.35. The molecule has 0 amide bonds. The topological polar surface area (TPSA) is 29.5 Å². The van der Waals surface area contributed by atoms with Gasteiger partial charge in [0.05, 0.1) is 11.7 Å². The van der Waals surface area contributed by atoms with Crippen molar-refractivity contribution in [3.05, 3.63) is 11.6 Å². The van der Waals surface area contributed by atoms with Crippen molar-refractivity contribution < 1.29 is 9.84 Å². The second-order valence-corrected chi connectivity index (χ2v) is 4.48. The summed E-state index contributed by atoms with van der Waals surface area (Å²) in [5.41, 5.74) is 0.634. The van der Waals surface area contributed by atoms with Gasteiger partial charge in [0.2, 0.25) is 0 Å². The predicted molar refractivity (Wildman–Crippen MR) is 58.3 cm³/mol. The molecule has 0 bridgehead atoms. The largest absolute Gasteiger partial charge is 0.386 e. The second kappa shape index (κ2) is 4.94. The van der Waals surface area contributed by atoms with Crippen LogP contribution in [0.25, 0.3) is 0 Å². The van der Waals surface area contributed by atoms with Crippen LogP contribution >= 0.6 is 0 Å². The van der Waals surface area contributed by atoms with Gasteiger partial charge in [-0.3, -0.25) is 0 Å². The second-order valence-electron chi connectivity index (χ2n) is 4.48. The maximum Gasteiger partial charge on any atom is 0.0832 e. The van der Waals surface area contributed by atoms with Crippen molar-refractivity contribution in [3.63, 3.8) is 0 Å². The zero-order chi connectivity index (χ0) is 10.6. The van der Waals surface area contributed by atoms with Crippen LogP contribution < -0.4 is 0 Å². The number of hydrogen-bond acceptors (Lipinski definition) is 2. The van der Waals surface area contributed by atoms with Gasteiger partial charge in [0.15, 0.2) is 0 Å². The van der Waals surface area contributed by atoms with E-state index in [0.29, 0.717) is 6.10 Å². The van der Waals surface area contributed by atoms with Crippen molar-refractivity contribution in [1.29, 1.82) is 0 Å². The fourth-order valence-corrected chi connectivity index (χ4v) is 2.18. The van der Waals surface area contributed by atoms with E-state index in [1.807, 2.05) is 26.8 Å². The molecular weight excluding hydrogens is 176 g/mol. The molecule has 0 heterocycles. The zero-order valence-electron chi connectivity index (χ0n) is 9.55. The SMILES string of the molecule is CCOC1CCC(O)(C=C(C)C)CC1. The first-order valence-electron chi connectivity index (χ1n) is 5.56. The lowest BCUT2D eigenvalue weighted by atomic mass is 9.82. The number of hydrogen-bond donors (Lipinski definition) is 1. The van der Waals surface area contributed by atoms with E-state index in [-0.39, 0.29) is 0 Å². The fourth-order valence-electron chi connectivity index (χ4n) is 2.18. The Morgan fingerprint density at radius 3 is 2.43 bits per heavy atom. The fraction of sp³-hybridized carbons (Fsp3) is 0.833. The molecule has 0 unspecified atom stereocenters. The molecule has 1 aliphatic rings. The third-order valence-electron chi connectivity index (χ3n) is 2.76. The molecule has 0 radical (unpaired) electrons. The molecule has 1 fully saturated rings. The standard InChI is InChI=1S/C12H22O2/c1-4-14-11-5-7-12(13,8-6-11)9-10(2)3/h9,11,13H,4-8H2,1-3H3. The predicted octanol–water partition coefficient (Wildman–Crippen LogP) is 2.66. The summed E-state index contributed by atoms with van der Waals surface area (Å²) < 4.78 is 5.55. The number of allylic oxidation sites excluding steroid dienone is 1. The average Bonchev–Trinajstić information content (AvgIpc) is 2.08. The van der Waals surface area contributed by atoms with E-state index in [1.54, 1.807) is 0 Å². The molecule has 1 saturated carbocycles. The van der Waals surface area contributed by atoms with Gasteiger partial charge in [-0.2, -0.15) is 0 Å². The Balaban J connectivity index is 2.45. The van der Waals surface area contributed by atoms with Gasteiger partial charge in [-0.05, 0) is 46.5 Å². The van der Waals surface area contributed by atoms with Crippen molar-refractivity contribution in [1.82, 2.24) is 0 Å². The van der Waals surface area contributed by atoms with Crippen molar-refractivity contribution in [3.8, 4) is 0 Å². The highest BCUT2D eigenvalue weighted by atomic mass is 16.5. The van der Waals surface area contributed by atoms with Gasteiger partial charge in [-0.15, -0.1) is 0 Å². The van der Waals surface area contributed by atoms with Gasteiger partial charge in [-0.1, -0.05) is 11.6 Å². The summed E-state index contributed by atoms with van der Waals surface area (Å²) in [5.74, 6) is 0. The summed E-state index contributed by atoms with van der Waals surface area (Å²) in [6.07, 6.45) is 5.99. The molecule has 0 saturated heterocycles. The van der Waals surface area contributed by atoms with Gasteiger partial charge in [-0.25, -0.2) is 0 Å². The summed E-state index contributed by atoms with van der Waals surface area (Å²) in [4.78, 5) is 0. The van der Waals surface area contributed by atoms with E-state index in [1.165, 1.54) is 5.57 Å². The molecule has 1 N–H and O–H groups in total. The molecule has 0 atom stereocenters. The molecule has 0 aromatic carbocycles. The number of ether oxygens (including phenoxy) is 1. The highest BCUT2D eigenvalue weighted by Gasteiger charge is 2.31. The van der Waals surface area contributed by atoms with E-state index in [0.717, 1.165) is 32.3 Å². The molecule has 0 aliphatic heterocycles. The molecular formula is C12H22O2. The Hall–Kier alpha value is -0.340. The third-order valence-corrected chi connectivity index (χ3v) is 2.76. The van der Waals surface area contributed by atoms with Crippen LogP contribution in [0.1, 0.15) is 46.5 Å². The first kappa shape index (κ1) is 11.7. The Kier molecular flexibility index (Phi) is 4.14. The van der Waals surface area contributed by atoms with Crippen molar-refractivity contribution in [2.45, 2.75) is 58.2 Å². The van der Waals surface area contributed by atoms with Crippen molar-refractivity contribution >= 4 is 0 Å². The average molecular weight is 198 g/mol. The smallest absolute Gasteiger partial charge is 0.0832 e. The molecule has 1 rings (SSSR count). The summed E-state index contributed by atoms with van der Waals surface area (Å²) in [6.45, 7) is 6.88. The molecule has 0 spiro atoms. The number of aliphatic hydroxyl groups is 1. The van der Waals surface area contributed by atoms with Gasteiger partial charge < -0.3 is 9.84 Å². The quantitative estimate of drug-likeness (QED) is 0.706. The minimum atomic E-state index is -0.563. The summed E-state index contributed by atoms with van der Waals surface area (Å²) in [5, 5.41) is 10.2. The van der Waals surface area contributed by atoms with Crippen LogP contribution in [0.15, 0.2) is 11.6 Å². The molecule has 0 aromatic heterocycles. The van der Waals surface area contributed by atoms with E-state index in [2.05, 4.69) is 0 Å². The molecule has 2 heteroatoms. The van der Waals surface area contributed by atoms with Gasteiger partial charge >= 0.3 is 0 Å². The van der Waals surface area contributed by atoms with Crippen LogP contribution in [-0.4, -0.2) is 23.4 Å². The van der Waals surface area contributed by atoms with Gasteiger partial charge in [0.25, 0.3) is 0 Å². The zero-order valence-corrected chi connectivity index (χ0v) is 9.55. The van der Waals surface area contributed by atoms with E-state index in [4.69, 9.17) is 4.74 Å². The molecule has 1 aliphatic carbocycles. The number of rotatable bonds is 3. The Morgan fingerprint density at radius 2 is 2.00 bits per heavy atom. The van der Waals surface area contributed by atoms with Crippen LogP contribution in [0, 0.1) is 0 Å². The van der Waals surface area contributed by atoms with Gasteiger partial charge in [0, 0.05) is 6.61 Å². The summed E-state index contributed by atoms with van der Waals surface area (Å²) in [6, 6.07) is 0. The van der Waals surface area contributed by atoms with E-state index < -0.39 is 5.60 Å². The molecule has 14 heavy (non-hydrogen) atoms. The first-order valence-corrected chi connectivity index (χ1v) is 5.56. The van der Waals surface area contributed by atoms with Gasteiger partial charge in [0.1, 0.15) is 0 Å². The lowest BCUT2D eigenvalue weighted by molar-refractivity contribution is -0.0281. The normalized spacial score (nSPS) is 32.7.